The predicted molar refractivity (Wildman–Crippen MR) is 125 cm³/mol. The molecule has 2 heterocycles. The summed E-state index contributed by atoms with van der Waals surface area (Å²) in [5.41, 5.74) is 8.82. The van der Waals surface area contributed by atoms with Gasteiger partial charge >= 0.3 is 5.97 Å². The number of pyridine rings is 1. The van der Waals surface area contributed by atoms with Gasteiger partial charge in [0.2, 0.25) is 0 Å². The van der Waals surface area contributed by atoms with E-state index in [2.05, 4.69) is 17.1 Å². The molecule has 2 aliphatic carbocycles. The number of nitrogens with zero attached hydrogens (tertiary/aromatic N) is 1. The molecule has 1 aliphatic heterocycles. The third-order valence-electron chi connectivity index (χ3n) is 7.62. The molecule has 1 aromatic carbocycles. The first-order chi connectivity index (χ1) is 15.0. The molecule has 0 radical (unpaired) electrons. The Balaban J connectivity index is 0.00000245. The summed E-state index contributed by atoms with van der Waals surface area (Å²) in [7, 11) is 0. The van der Waals surface area contributed by atoms with Gasteiger partial charge in [-0.2, -0.15) is 0 Å². The van der Waals surface area contributed by atoms with Gasteiger partial charge in [-0.3, -0.25) is 9.78 Å². The maximum Gasteiger partial charge on any atom is 0.309 e. The number of halogens is 2. The van der Waals surface area contributed by atoms with E-state index in [0.29, 0.717) is 17.8 Å². The van der Waals surface area contributed by atoms with Gasteiger partial charge in [0.05, 0.1) is 11.6 Å². The van der Waals surface area contributed by atoms with E-state index in [4.69, 9.17) is 10.5 Å². The highest BCUT2D eigenvalue weighted by Crippen LogP contribution is 2.53. The van der Waals surface area contributed by atoms with Crippen LogP contribution in [0.25, 0.3) is 17.2 Å². The lowest BCUT2D eigenvalue weighted by Gasteiger charge is -2.47. The monoisotopic (exact) mass is 456 g/mol. The minimum absolute atomic E-state index is 0. The first-order valence-electron chi connectivity index (χ1n) is 11.4. The second-order valence-electron chi connectivity index (χ2n) is 9.48. The van der Waals surface area contributed by atoms with Gasteiger partial charge in [0.25, 0.3) is 0 Å². The van der Waals surface area contributed by atoms with Crippen LogP contribution in [0, 0.1) is 35.4 Å². The van der Waals surface area contributed by atoms with Gasteiger partial charge in [0.15, 0.2) is 0 Å². The van der Waals surface area contributed by atoms with E-state index in [1.54, 1.807) is 12.3 Å². The van der Waals surface area contributed by atoms with Crippen molar-refractivity contribution in [3.8, 4) is 11.1 Å². The molecule has 3 aliphatic rings. The zero-order valence-electron chi connectivity index (χ0n) is 18.2. The summed E-state index contributed by atoms with van der Waals surface area (Å²) in [6.07, 6.45) is 10.1. The lowest BCUT2D eigenvalue weighted by Crippen LogP contribution is -2.46. The lowest BCUT2D eigenvalue weighted by atomic mass is 9.57. The van der Waals surface area contributed by atoms with Crippen molar-refractivity contribution in [2.24, 2.45) is 35.3 Å². The predicted octanol–water partition coefficient (Wildman–Crippen LogP) is 5.26. The molecule has 32 heavy (non-hydrogen) atoms. The van der Waals surface area contributed by atoms with Gasteiger partial charge in [-0.25, -0.2) is 4.39 Å². The lowest BCUT2D eigenvalue weighted by molar-refractivity contribution is -0.144. The summed E-state index contributed by atoms with van der Waals surface area (Å²) >= 11 is 0. The summed E-state index contributed by atoms with van der Waals surface area (Å²) in [4.78, 5) is 17.1. The summed E-state index contributed by atoms with van der Waals surface area (Å²) in [6.45, 7) is 2.03. The van der Waals surface area contributed by atoms with Crippen LogP contribution in [0.1, 0.15) is 38.3 Å². The van der Waals surface area contributed by atoms with Crippen molar-refractivity contribution in [1.82, 2.24) is 4.98 Å². The average molecular weight is 457 g/mol. The normalized spacial score (nSPS) is 33.8. The maximum atomic E-state index is 13.5. The number of carbonyl (C=O) groups excluding carboxylic acids is 1. The van der Waals surface area contributed by atoms with Gasteiger partial charge in [-0.05, 0) is 80.2 Å². The van der Waals surface area contributed by atoms with Gasteiger partial charge in [-0.15, -0.1) is 12.4 Å². The Hall–Kier alpha value is -2.24. The number of carbonyl (C=O) groups is 1. The number of hydrogen-bond donors (Lipinski definition) is 1. The highest BCUT2D eigenvalue weighted by atomic mass is 35.5. The molecule has 5 rings (SSSR count). The number of hydrogen-bond acceptors (Lipinski definition) is 4. The van der Waals surface area contributed by atoms with Crippen molar-refractivity contribution in [2.45, 2.75) is 44.8 Å². The maximum absolute atomic E-state index is 13.5. The molecule has 0 amide bonds. The fourth-order valence-electron chi connectivity index (χ4n) is 6.20. The molecule has 6 heteroatoms. The summed E-state index contributed by atoms with van der Waals surface area (Å²) in [6, 6.07) is 10.7. The van der Waals surface area contributed by atoms with Crippen LogP contribution >= 0.6 is 12.4 Å². The number of benzene rings is 1. The van der Waals surface area contributed by atoms with E-state index in [9.17, 15) is 9.18 Å². The molecule has 1 aromatic heterocycles. The van der Waals surface area contributed by atoms with Crippen LogP contribution < -0.4 is 5.73 Å². The van der Waals surface area contributed by atoms with Crippen LogP contribution in [0.3, 0.4) is 0 Å². The van der Waals surface area contributed by atoms with Crippen molar-refractivity contribution in [3.63, 3.8) is 0 Å². The van der Waals surface area contributed by atoms with Crippen LogP contribution in [0.5, 0.6) is 0 Å². The van der Waals surface area contributed by atoms with Crippen LogP contribution in [0.15, 0.2) is 48.7 Å². The largest absolute Gasteiger partial charge is 0.462 e. The van der Waals surface area contributed by atoms with Crippen LogP contribution in [0.2, 0.25) is 0 Å². The quantitative estimate of drug-likeness (QED) is 0.639. The van der Waals surface area contributed by atoms with E-state index >= 15 is 0 Å². The number of allylic oxidation sites excluding steroid dienone is 1. The molecule has 2 aromatic rings. The minimum atomic E-state index is -0.252. The number of rotatable bonds is 3. The topological polar surface area (TPSA) is 65.2 Å². The molecule has 2 N–H and O–H groups in total. The van der Waals surface area contributed by atoms with Crippen molar-refractivity contribution < 1.29 is 13.9 Å². The first kappa shape index (κ1) is 22.9. The Kier molecular flexibility index (Phi) is 6.68. The van der Waals surface area contributed by atoms with E-state index in [1.807, 2.05) is 25.1 Å². The van der Waals surface area contributed by atoms with Crippen molar-refractivity contribution in [1.29, 1.82) is 0 Å². The van der Waals surface area contributed by atoms with Crippen LogP contribution in [0.4, 0.5) is 4.39 Å². The number of nitrogens with two attached hydrogens (primary N) is 1. The highest BCUT2D eigenvalue weighted by molar-refractivity contribution is 5.85. The molecule has 1 saturated heterocycles. The van der Waals surface area contributed by atoms with Gasteiger partial charge in [0.1, 0.15) is 11.9 Å². The Labute approximate surface area is 194 Å². The van der Waals surface area contributed by atoms with Crippen LogP contribution in [-0.4, -0.2) is 23.1 Å². The molecule has 4 nitrogen and oxygen atoms in total. The van der Waals surface area contributed by atoms with E-state index in [1.165, 1.54) is 12.1 Å². The van der Waals surface area contributed by atoms with E-state index < -0.39 is 0 Å². The van der Waals surface area contributed by atoms with Gasteiger partial charge < -0.3 is 10.5 Å². The van der Waals surface area contributed by atoms with Crippen molar-refractivity contribution in [2.75, 3.05) is 0 Å². The highest BCUT2D eigenvalue weighted by Gasteiger charge is 2.54. The van der Waals surface area contributed by atoms with E-state index in [0.717, 1.165) is 42.5 Å². The van der Waals surface area contributed by atoms with Gasteiger partial charge in [-0.1, -0.05) is 24.3 Å². The Bertz CT molecular complexity index is 996. The molecule has 7 atom stereocenters. The third kappa shape index (κ3) is 4.33. The summed E-state index contributed by atoms with van der Waals surface area (Å²) in [5, 5.41) is 0. The number of fused-ring (bicyclic) bond motifs is 2. The third-order valence-corrected chi connectivity index (χ3v) is 7.62. The first-order valence-corrected chi connectivity index (χ1v) is 11.4. The van der Waals surface area contributed by atoms with Gasteiger partial charge in [0, 0.05) is 23.7 Å². The molecule has 3 fully saturated rings. The Morgan fingerprint density at radius 2 is 2.00 bits per heavy atom. The SMILES string of the molecule is C[C@H]1OC(=O)[C@@H]2C[C@@H]3C[C@H](N)CC[C@H]3[C@H](/C=C/c3ccc(-c4cccc(F)c4)cn3)[C@H]12.Cl. The Morgan fingerprint density at radius 3 is 2.75 bits per heavy atom. The molecule has 0 bridgehead atoms. The zero-order chi connectivity index (χ0) is 21.5. The fourth-order valence-corrected chi connectivity index (χ4v) is 6.20. The molecular weight excluding hydrogens is 427 g/mol. The molecule has 170 valence electrons. The number of esters is 1. The second kappa shape index (κ2) is 9.32. The Morgan fingerprint density at radius 1 is 1.16 bits per heavy atom. The average Bonchev–Trinajstić information content (AvgIpc) is 3.04. The number of ether oxygens (including phenoxy) is 1. The number of cyclic esters (lactones) is 1. The van der Waals surface area contributed by atoms with Crippen molar-refractivity contribution >= 4 is 24.5 Å². The molecule has 0 unspecified atom stereocenters. The second-order valence-corrected chi connectivity index (χ2v) is 9.48. The summed E-state index contributed by atoms with van der Waals surface area (Å²) in [5.74, 6) is 1.25. The number of aromatic nitrogens is 1. The molecule has 0 spiro atoms. The summed E-state index contributed by atoms with van der Waals surface area (Å²) < 4.78 is 19.2. The van der Waals surface area contributed by atoms with E-state index in [-0.39, 0.29) is 48.2 Å². The minimum Gasteiger partial charge on any atom is -0.462 e. The van der Waals surface area contributed by atoms with Crippen molar-refractivity contribution in [3.05, 3.63) is 60.2 Å². The fraction of sp³-hybridized carbons (Fsp3) is 0.462. The standard InChI is InChI=1S/C26H29FN2O2.ClH/c1-15-25-23(22-9-6-20(28)12-18(22)13-24(25)26(30)31-15)10-8-21-7-5-17(14-29-21)16-3-2-4-19(27)11-16;/h2-5,7-8,10-11,14-15,18,20,22-25H,6,9,12-13,28H2,1H3;1H/b10-8+;/t15-,18+,20-,22-,23+,24-,25+;/m1./s1. The molecule has 2 saturated carbocycles. The smallest absolute Gasteiger partial charge is 0.309 e. The molecular formula is C26H30ClFN2O2. The van der Waals surface area contributed by atoms with Crippen LogP contribution in [-0.2, 0) is 9.53 Å². The zero-order valence-corrected chi connectivity index (χ0v) is 19.0.